The van der Waals surface area contributed by atoms with E-state index < -0.39 is 9.84 Å². The number of sulfone groups is 1. The normalized spacial score (nSPS) is 21.3. The summed E-state index contributed by atoms with van der Waals surface area (Å²) in [6, 6.07) is 5.54. The van der Waals surface area contributed by atoms with Crippen LogP contribution in [0.25, 0.3) is 0 Å². The number of fused-ring (bicyclic) bond motifs is 1. The van der Waals surface area contributed by atoms with Crippen molar-refractivity contribution in [2.45, 2.75) is 30.7 Å². The molecular formula is C13H19NO3S. The minimum absolute atomic E-state index is 0.110. The molecule has 1 unspecified atom stereocenters. The van der Waals surface area contributed by atoms with Gasteiger partial charge in [0.05, 0.1) is 12.9 Å². The molecule has 1 aliphatic heterocycles. The summed E-state index contributed by atoms with van der Waals surface area (Å²) in [7, 11) is -1.70. The van der Waals surface area contributed by atoms with Crippen molar-refractivity contribution in [2.24, 2.45) is 0 Å². The smallest absolute Gasteiger partial charge is 0.182 e. The predicted molar refractivity (Wildman–Crippen MR) is 70.7 cm³/mol. The Balaban J connectivity index is 2.48. The Morgan fingerprint density at radius 1 is 1.44 bits per heavy atom. The quantitative estimate of drug-likeness (QED) is 0.907. The largest absolute Gasteiger partial charge is 0.495 e. The van der Waals surface area contributed by atoms with Gasteiger partial charge in [0.25, 0.3) is 0 Å². The maximum absolute atomic E-state index is 12.2. The molecule has 2 rings (SSSR count). The maximum atomic E-state index is 12.2. The van der Waals surface area contributed by atoms with Crippen LogP contribution in [0, 0.1) is 0 Å². The van der Waals surface area contributed by atoms with E-state index >= 15 is 0 Å². The van der Waals surface area contributed by atoms with Gasteiger partial charge in [-0.05, 0) is 31.0 Å². The highest BCUT2D eigenvalue weighted by Gasteiger charge is 2.32. The molecule has 1 aliphatic rings. The van der Waals surface area contributed by atoms with Crippen molar-refractivity contribution in [3.05, 3.63) is 23.8 Å². The first-order valence-corrected chi connectivity index (χ1v) is 7.88. The summed E-state index contributed by atoms with van der Waals surface area (Å²) in [5.74, 6) is 0.636. The van der Waals surface area contributed by atoms with Gasteiger partial charge < -0.3 is 10.1 Å². The van der Waals surface area contributed by atoms with Gasteiger partial charge in [0, 0.05) is 6.04 Å². The highest BCUT2D eigenvalue weighted by molar-refractivity contribution is 7.91. The molecule has 0 fully saturated rings. The van der Waals surface area contributed by atoms with Crippen LogP contribution in [-0.4, -0.2) is 27.8 Å². The topological polar surface area (TPSA) is 55.4 Å². The zero-order chi connectivity index (χ0) is 13.2. The van der Waals surface area contributed by atoms with Crippen LogP contribution in [0.2, 0.25) is 0 Å². The fourth-order valence-electron chi connectivity index (χ4n) is 2.36. The molecule has 0 saturated heterocycles. The van der Waals surface area contributed by atoms with Crippen LogP contribution in [0.4, 0.5) is 0 Å². The van der Waals surface area contributed by atoms with Crippen LogP contribution in [0.3, 0.4) is 0 Å². The molecule has 0 aromatic heterocycles. The van der Waals surface area contributed by atoms with Gasteiger partial charge in [0.1, 0.15) is 10.6 Å². The summed E-state index contributed by atoms with van der Waals surface area (Å²) in [5.41, 5.74) is 0.842. The summed E-state index contributed by atoms with van der Waals surface area (Å²) in [6.07, 6.45) is 1.66. The highest BCUT2D eigenvalue weighted by atomic mass is 32.2. The lowest BCUT2D eigenvalue weighted by Crippen LogP contribution is -2.30. The molecule has 1 aromatic rings. The molecule has 18 heavy (non-hydrogen) atoms. The van der Waals surface area contributed by atoms with Gasteiger partial charge in [-0.25, -0.2) is 8.42 Å². The molecule has 100 valence electrons. The van der Waals surface area contributed by atoms with Gasteiger partial charge in [-0.3, -0.25) is 0 Å². The second-order valence-electron chi connectivity index (χ2n) is 4.49. The summed E-state index contributed by atoms with van der Waals surface area (Å²) in [6.45, 7) is 2.99. The number of benzene rings is 1. The van der Waals surface area contributed by atoms with Crippen LogP contribution < -0.4 is 10.1 Å². The van der Waals surface area contributed by atoms with Crippen molar-refractivity contribution in [2.75, 3.05) is 19.4 Å². The predicted octanol–water partition coefficient (Wildman–Crippen LogP) is 1.91. The van der Waals surface area contributed by atoms with E-state index in [1.165, 1.54) is 7.11 Å². The average Bonchev–Trinajstić information content (AvgIpc) is 2.37. The number of ether oxygens (including phenoxy) is 1. The Kier molecular flexibility index (Phi) is 3.92. The van der Waals surface area contributed by atoms with E-state index in [0.29, 0.717) is 17.1 Å². The van der Waals surface area contributed by atoms with Crippen LogP contribution in [0.5, 0.6) is 5.75 Å². The fraction of sp³-hybridized carbons (Fsp3) is 0.538. The molecule has 0 amide bonds. The third kappa shape index (κ3) is 2.37. The molecule has 0 spiro atoms. The standard InChI is InChI=1S/C13H19NO3S/c1-3-8-14-11-7-9-18(15,16)13-10(11)5-4-6-12(13)17-2/h4-6,11,14H,3,7-9H2,1-2H3. The van der Waals surface area contributed by atoms with Crippen molar-refractivity contribution in [1.82, 2.24) is 5.32 Å². The summed E-state index contributed by atoms with van der Waals surface area (Å²) in [4.78, 5) is 0.368. The first-order valence-electron chi connectivity index (χ1n) is 6.23. The van der Waals surface area contributed by atoms with Crippen LogP contribution in [0.1, 0.15) is 31.4 Å². The molecule has 1 heterocycles. The van der Waals surface area contributed by atoms with Crippen molar-refractivity contribution >= 4 is 9.84 Å². The van der Waals surface area contributed by atoms with E-state index in [0.717, 1.165) is 18.5 Å². The number of rotatable bonds is 4. The lowest BCUT2D eigenvalue weighted by Gasteiger charge is -2.27. The van der Waals surface area contributed by atoms with E-state index in [2.05, 4.69) is 12.2 Å². The second-order valence-corrected chi connectivity index (χ2v) is 6.54. The molecule has 0 saturated carbocycles. The Bertz CT molecular complexity index is 525. The van der Waals surface area contributed by atoms with E-state index in [-0.39, 0.29) is 11.8 Å². The number of hydrogen-bond donors (Lipinski definition) is 1. The van der Waals surface area contributed by atoms with E-state index in [1.54, 1.807) is 6.07 Å². The van der Waals surface area contributed by atoms with Gasteiger partial charge in [0.15, 0.2) is 9.84 Å². The second kappa shape index (κ2) is 5.28. The summed E-state index contributed by atoms with van der Waals surface area (Å²) in [5, 5.41) is 3.40. The van der Waals surface area contributed by atoms with Gasteiger partial charge in [-0.2, -0.15) is 0 Å². The third-order valence-corrected chi connectivity index (χ3v) is 5.06. The van der Waals surface area contributed by atoms with E-state index in [1.807, 2.05) is 12.1 Å². The van der Waals surface area contributed by atoms with Crippen molar-refractivity contribution < 1.29 is 13.2 Å². The van der Waals surface area contributed by atoms with Gasteiger partial charge in [-0.15, -0.1) is 0 Å². The number of hydrogen-bond acceptors (Lipinski definition) is 4. The Labute approximate surface area is 108 Å². The SMILES string of the molecule is CCCNC1CCS(=O)(=O)c2c(OC)cccc21. The summed E-state index contributed by atoms with van der Waals surface area (Å²) >= 11 is 0. The van der Waals surface area contributed by atoms with Gasteiger partial charge in [-0.1, -0.05) is 19.1 Å². The highest BCUT2D eigenvalue weighted by Crippen LogP contribution is 2.37. The maximum Gasteiger partial charge on any atom is 0.182 e. The third-order valence-electron chi connectivity index (χ3n) is 3.23. The molecule has 1 aromatic carbocycles. The molecule has 0 bridgehead atoms. The minimum Gasteiger partial charge on any atom is -0.495 e. The monoisotopic (exact) mass is 269 g/mol. The Morgan fingerprint density at radius 2 is 2.22 bits per heavy atom. The zero-order valence-corrected chi connectivity index (χ0v) is 11.6. The van der Waals surface area contributed by atoms with E-state index in [9.17, 15) is 8.42 Å². The van der Waals surface area contributed by atoms with Crippen molar-refractivity contribution in [3.63, 3.8) is 0 Å². The molecular weight excluding hydrogens is 250 g/mol. The average molecular weight is 269 g/mol. The van der Waals surface area contributed by atoms with Crippen molar-refractivity contribution in [1.29, 1.82) is 0 Å². The van der Waals surface area contributed by atoms with Crippen LogP contribution >= 0.6 is 0 Å². The van der Waals surface area contributed by atoms with Crippen LogP contribution in [0.15, 0.2) is 23.1 Å². The first-order chi connectivity index (χ1) is 8.60. The fourth-order valence-corrected chi connectivity index (χ4v) is 4.14. The number of methoxy groups -OCH3 is 1. The molecule has 5 heteroatoms. The lowest BCUT2D eigenvalue weighted by atomic mass is 10.0. The first kappa shape index (κ1) is 13.4. The van der Waals surface area contributed by atoms with Crippen LogP contribution in [-0.2, 0) is 9.84 Å². The molecule has 0 aliphatic carbocycles. The zero-order valence-electron chi connectivity index (χ0n) is 10.8. The Hall–Kier alpha value is -1.07. The Morgan fingerprint density at radius 3 is 2.89 bits per heavy atom. The molecule has 1 N–H and O–H groups in total. The van der Waals surface area contributed by atoms with Crippen molar-refractivity contribution in [3.8, 4) is 5.75 Å². The number of nitrogens with one attached hydrogen (secondary N) is 1. The van der Waals surface area contributed by atoms with Gasteiger partial charge >= 0.3 is 0 Å². The van der Waals surface area contributed by atoms with Gasteiger partial charge in [0.2, 0.25) is 0 Å². The molecule has 0 radical (unpaired) electrons. The lowest BCUT2D eigenvalue weighted by molar-refractivity contribution is 0.395. The summed E-state index contributed by atoms with van der Waals surface area (Å²) < 4.78 is 29.5. The minimum atomic E-state index is -3.21. The van der Waals surface area contributed by atoms with E-state index in [4.69, 9.17) is 4.74 Å². The molecule has 4 nitrogen and oxygen atoms in total. The molecule has 1 atom stereocenters.